The number of quaternary nitrogens is 1. The van der Waals surface area contributed by atoms with Crippen LogP contribution in [-0.2, 0) is 28.6 Å². The molecule has 8 nitrogen and oxygen atoms in total. The van der Waals surface area contributed by atoms with E-state index in [1.54, 1.807) is 0 Å². The standard InChI is InChI=1S/C54H89NO7/c1-6-8-10-12-14-16-18-20-22-23-24-25-26-27-28-29-31-32-34-36-38-40-42-44-52(56)61-49-50(48-60-47-46-51(54(58)59)55(3,4)5)62-53(57)45-43-41-39-37-35-33-30-21-19-17-15-13-11-9-7-2/h8,10,14,16-17,19-20,22,24-25,27-28,31-32,36,38,50-51H,6-7,9,11-13,15,18,21,23,26,29-30,33-35,37,39-49H2,1-5H3/p+1/b10-8+,16-14+,19-17+,22-20+,25-24+,28-27+,32-31+,38-36+. The van der Waals surface area contributed by atoms with Crippen LogP contribution in [0, 0.1) is 0 Å². The number of aliphatic carboxylic acids is 1. The van der Waals surface area contributed by atoms with Gasteiger partial charge in [0.25, 0.3) is 0 Å². The summed E-state index contributed by atoms with van der Waals surface area (Å²) in [7, 11) is 5.50. The molecule has 0 saturated heterocycles. The van der Waals surface area contributed by atoms with Crippen molar-refractivity contribution >= 4 is 17.9 Å². The molecule has 2 atom stereocenters. The van der Waals surface area contributed by atoms with E-state index in [0.717, 1.165) is 70.6 Å². The highest BCUT2D eigenvalue weighted by molar-refractivity contribution is 5.72. The molecule has 0 aliphatic carbocycles. The van der Waals surface area contributed by atoms with Gasteiger partial charge in [-0.3, -0.25) is 9.59 Å². The Morgan fingerprint density at radius 2 is 0.919 bits per heavy atom. The molecule has 0 aliphatic rings. The van der Waals surface area contributed by atoms with Gasteiger partial charge in [0.2, 0.25) is 0 Å². The van der Waals surface area contributed by atoms with Crippen molar-refractivity contribution < 1.29 is 38.2 Å². The number of carbonyl (C=O) groups is 3. The summed E-state index contributed by atoms with van der Waals surface area (Å²) >= 11 is 0. The van der Waals surface area contributed by atoms with Gasteiger partial charge in [0, 0.05) is 19.3 Å². The van der Waals surface area contributed by atoms with Crippen molar-refractivity contribution in [1.29, 1.82) is 0 Å². The number of allylic oxidation sites excluding steroid dienone is 16. The van der Waals surface area contributed by atoms with E-state index in [0.29, 0.717) is 19.3 Å². The quantitative estimate of drug-likeness (QED) is 0.0282. The highest BCUT2D eigenvalue weighted by Crippen LogP contribution is 2.13. The zero-order chi connectivity index (χ0) is 45.6. The van der Waals surface area contributed by atoms with Crippen molar-refractivity contribution in [2.75, 3.05) is 41.0 Å². The average Bonchev–Trinajstić information content (AvgIpc) is 3.23. The number of carboxylic acid groups (broad SMARTS) is 1. The van der Waals surface area contributed by atoms with E-state index in [4.69, 9.17) is 14.2 Å². The van der Waals surface area contributed by atoms with Gasteiger partial charge in [0.15, 0.2) is 12.1 Å². The van der Waals surface area contributed by atoms with Crippen LogP contribution < -0.4 is 0 Å². The Hall–Kier alpha value is -3.75. The van der Waals surface area contributed by atoms with E-state index in [1.807, 2.05) is 21.1 Å². The molecule has 0 heterocycles. The normalized spacial score (nSPS) is 13.8. The molecule has 0 aliphatic heterocycles. The van der Waals surface area contributed by atoms with Gasteiger partial charge in [-0.05, 0) is 89.9 Å². The number of esters is 2. The predicted octanol–water partition coefficient (Wildman–Crippen LogP) is 13.9. The number of rotatable bonds is 42. The summed E-state index contributed by atoms with van der Waals surface area (Å²) in [6.45, 7) is 4.53. The molecule has 0 aromatic carbocycles. The van der Waals surface area contributed by atoms with Crippen LogP contribution in [0.5, 0.6) is 0 Å². The van der Waals surface area contributed by atoms with Crippen LogP contribution in [0.15, 0.2) is 97.2 Å². The smallest absolute Gasteiger partial charge is 0.362 e. The number of hydrogen-bond acceptors (Lipinski definition) is 6. The summed E-state index contributed by atoms with van der Waals surface area (Å²) in [6, 6.07) is -0.629. The molecule has 0 saturated carbocycles. The van der Waals surface area contributed by atoms with Crippen molar-refractivity contribution in [3.05, 3.63) is 97.2 Å². The van der Waals surface area contributed by atoms with Gasteiger partial charge >= 0.3 is 17.9 Å². The number of carboxylic acids is 1. The summed E-state index contributed by atoms with van der Waals surface area (Å²) in [6.07, 6.45) is 58.9. The lowest BCUT2D eigenvalue weighted by Crippen LogP contribution is -2.50. The third-order valence-corrected chi connectivity index (χ3v) is 10.2. The first-order valence-electron chi connectivity index (χ1n) is 24.3. The van der Waals surface area contributed by atoms with Crippen molar-refractivity contribution in [1.82, 2.24) is 0 Å². The Kier molecular flexibility index (Phi) is 41.2. The third-order valence-electron chi connectivity index (χ3n) is 10.2. The Morgan fingerprint density at radius 1 is 0.500 bits per heavy atom. The van der Waals surface area contributed by atoms with Crippen LogP contribution >= 0.6 is 0 Å². The maximum atomic E-state index is 12.8. The van der Waals surface area contributed by atoms with Crippen molar-refractivity contribution in [3.8, 4) is 0 Å². The van der Waals surface area contributed by atoms with E-state index in [2.05, 4.69) is 111 Å². The van der Waals surface area contributed by atoms with E-state index in [1.165, 1.54) is 64.2 Å². The molecule has 0 fully saturated rings. The van der Waals surface area contributed by atoms with E-state index < -0.39 is 18.1 Å². The number of nitrogens with zero attached hydrogens (tertiary/aromatic N) is 1. The van der Waals surface area contributed by atoms with Gasteiger partial charge in [-0.25, -0.2) is 4.79 Å². The van der Waals surface area contributed by atoms with Crippen LogP contribution in [0.4, 0.5) is 0 Å². The van der Waals surface area contributed by atoms with Gasteiger partial charge in [-0.15, -0.1) is 0 Å². The molecule has 0 bridgehead atoms. The minimum atomic E-state index is -0.887. The Balaban J connectivity index is 4.41. The number of unbranched alkanes of at least 4 members (excludes halogenated alkanes) is 12. The fourth-order valence-corrected chi connectivity index (χ4v) is 6.49. The summed E-state index contributed by atoms with van der Waals surface area (Å²) < 4.78 is 17.2. The first kappa shape index (κ1) is 58.2. The molecule has 0 aromatic rings. The topological polar surface area (TPSA) is 99.1 Å². The fraction of sp³-hybridized carbons (Fsp3) is 0.648. The zero-order valence-corrected chi connectivity index (χ0v) is 40.0. The molecule has 352 valence electrons. The van der Waals surface area contributed by atoms with Crippen LogP contribution in [0.25, 0.3) is 0 Å². The van der Waals surface area contributed by atoms with Crippen LogP contribution in [0.3, 0.4) is 0 Å². The molecule has 2 unspecified atom stereocenters. The minimum absolute atomic E-state index is 0.0356. The second kappa shape index (κ2) is 43.9. The highest BCUT2D eigenvalue weighted by Gasteiger charge is 2.31. The molecule has 1 N–H and O–H groups in total. The maximum Gasteiger partial charge on any atom is 0.362 e. The molecule has 0 spiro atoms. The van der Waals surface area contributed by atoms with Crippen LogP contribution in [0.1, 0.15) is 174 Å². The largest absolute Gasteiger partial charge is 0.477 e. The monoisotopic (exact) mass is 865 g/mol. The second-order valence-electron chi connectivity index (χ2n) is 17.0. The van der Waals surface area contributed by atoms with E-state index in [9.17, 15) is 19.5 Å². The maximum absolute atomic E-state index is 12.8. The number of likely N-dealkylation sites (N-methyl/N-ethyl adjacent to an activating group) is 1. The Bertz CT molecular complexity index is 1330. The molecule has 0 radical (unpaired) electrons. The average molecular weight is 865 g/mol. The van der Waals surface area contributed by atoms with Crippen LogP contribution in [0.2, 0.25) is 0 Å². The summed E-state index contributed by atoms with van der Waals surface area (Å²) in [5.41, 5.74) is 0. The Labute approximate surface area is 379 Å². The van der Waals surface area contributed by atoms with Gasteiger partial charge in [0.1, 0.15) is 6.61 Å². The molecule has 0 aromatic heterocycles. The number of hydrogen-bond donors (Lipinski definition) is 1. The van der Waals surface area contributed by atoms with Crippen LogP contribution in [-0.4, -0.2) is 80.6 Å². The van der Waals surface area contributed by atoms with E-state index in [-0.39, 0.29) is 42.7 Å². The molecule has 0 amide bonds. The fourth-order valence-electron chi connectivity index (χ4n) is 6.49. The number of carbonyl (C=O) groups excluding carboxylic acids is 2. The second-order valence-corrected chi connectivity index (χ2v) is 17.0. The first-order valence-corrected chi connectivity index (χ1v) is 24.3. The summed E-state index contributed by atoms with van der Waals surface area (Å²) in [4.78, 5) is 37.1. The van der Waals surface area contributed by atoms with E-state index >= 15 is 0 Å². The van der Waals surface area contributed by atoms with Crippen molar-refractivity contribution in [2.24, 2.45) is 0 Å². The molecular weight excluding hydrogens is 775 g/mol. The molecular formula is C54H90NO7+. The summed E-state index contributed by atoms with van der Waals surface area (Å²) in [5.74, 6) is -1.56. The first-order chi connectivity index (χ1) is 30.1. The lowest BCUT2D eigenvalue weighted by Gasteiger charge is -2.31. The zero-order valence-electron chi connectivity index (χ0n) is 40.0. The minimum Gasteiger partial charge on any atom is -0.477 e. The third kappa shape index (κ3) is 41.6. The lowest BCUT2D eigenvalue weighted by atomic mass is 10.1. The SMILES string of the molecule is CC/C=C/C/C=C/C/C=C/C/C=C/C/C=C/C/C=C/C/C=C/CCCC(=O)OCC(COCCC(C(=O)O)[N+](C)(C)C)OC(=O)CCCCCCCCC/C=C/CCCCCC. The summed E-state index contributed by atoms with van der Waals surface area (Å²) in [5, 5.41) is 9.64. The predicted molar refractivity (Wildman–Crippen MR) is 261 cm³/mol. The van der Waals surface area contributed by atoms with Gasteiger partial charge < -0.3 is 23.8 Å². The number of ether oxygens (including phenoxy) is 3. The van der Waals surface area contributed by atoms with Gasteiger partial charge in [0.05, 0.1) is 34.4 Å². The molecule has 62 heavy (non-hydrogen) atoms. The van der Waals surface area contributed by atoms with Crippen molar-refractivity contribution in [3.63, 3.8) is 0 Å². The van der Waals surface area contributed by atoms with Gasteiger partial charge in [-0.1, -0.05) is 162 Å². The lowest BCUT2D eigenvalue weighted by molar-refractivity contribution is -0.887. The highest BCUT2D eigenvalue weighted by atomic mass is 16.6. The van der Waals surface area contributed by atoms with Gasteiger partial charge in [-0.2, -0.15) is 0 Å². The van der Waals surface area contributed by atoms with Crippen molar-refractivity contribution in [2.45, 2.75) is 187 Å². The molecule has 8 heteroatoms. The molecule has 0 rings (SSSR count). The Morgan fingerprint density at radius 3 is 1.40 bits per heavy atom.